The second-order valence-corrected chi connectivity index (χ2v) is 5.95. The highest BCUT2D eigenvalue weighted by Crippen LogP contribution is 2.15. The Kier molecular flexibility index (Phi) is 9.96. The van der Waals surface area contributed by atoms with Crippen LogP contribution in [0, 0.1) is 5.92 Å². The summed E-state index contributed by atoms with van der Waals surface area (Å²) >= 11 is 0. The second kappa shape index (κ2) is 10.5. The molecule has 2 rings (SSSR count). The third-order valence-corrected chi connectivity index (χ3v) is 3.62. The summed E-state index contributed by atoms with van der Waals surface area (Å²) in [7, 11) is 0. The molecule has 0 fully saturated rings. The molecule has 6 heteroatoms. The molecule has 0 unspecified atom stereocenters. The van der Waals surface area contributed by atoms with Gasteiger partial charge in [-0.1, -0.05) is 32.0 Å². The lowest BCUT2D eigenvalue weighted by molar-refractivity contribution is -0.122. The Morgan fingerprint density at radius 1 is 1.22 bits per heavy atom. The van der Waals surface area contributed by atoms with Gasteiger partial charge in [0.1, 0.15) is 0 Å². The van der Waals surface area contributed by atoms with E-state index in [1.54, 1.807) is 0 Å². The van der Waals surface area contributed by atoms with Crippen LogP contribution in [0.25, 0.3) is 10.9 Å². The van der Waals surface area contributed by atoms with E-state index in [0.717, 1.165) is 19.4 Å². The maximum atomic E-state index is 11.8. The molecule has 0 radical (unpaired) electrons. The molecule has 130 valence electrons. The Bertz CT molecular complexity index is 598. The van der Waals surface area contributed by atoms with E-state index in [9.17, 15) is 4.79 Å². The van der Waals surface area contributed by atoms with Gasteiger partial charge in [-0.3, -0.25) is 4.79 Å². The van der Waals surface area contributed by atoms with Crippen molar-refractivity contribution in [1.82, 2.24) is 9.88 Å². The molecule has 0 aliphatic rings. The van der Waals surface area contributed by atoms with Gasteiger partial charge in [-0.25, -0.2) is 0 Å². The van der Waals surface area contributed by atoms with Crippen LogP contribution >= 0.6 is 24.8 Å². The summed E-state index contributed by atoms with van der Waals surface area (Å²) < 4.78 is 2.22. The number of halogens is 2. The molecular formula is C17H27Cl2N3O. The lowest BCUT2D eigenvalue weighted by Gasteiger charge is -2.14. The van der Waals surface area contributed by atoms with Crippen molar-refractivity contribution in [2.24, 2.45) is 11.7 Å². The number of hydrogen-bond acceptors (Lipinski definition) is 2. The number of rotatable bonds is 7. The maximum Gasteiger partial charge on any atom is 0.236 e. The number of aryl methyl sites for hydroxylation is 1. The van der Waals surface area contributed by atoms with Gasteiger partial charge < -0.3 is 15.6 Å². The van der Waals surface area contributed by atoms with Gasteiger partial charge in [0, 0.05) is 24.8 Å². The van der Waals surface area contributed by atoms with Crippen molar-refractivity contribution >= 4 is 41.6 Å². The van der Waals surface area contributed by atoms with Gasteiger partial charge in [-0.05, 0) is 36.3 Å². The van der Waals surface area contributed by atoms with E-state index in [0.29, 0.717) is 12.5 Å². The molecule has 0 saturated heterocycles. The van der Waals surface area contributed by atoms with Gasteiger partial charge in [-0.15, -0.1) is 24.8 Å². The van der Waals surface area contributed by atoms with Crippen LogP contribution in [-0.2, 0) is 11.3 Å². The molecule has 4 nitrogen and oxygen atoms in total. The fourth-order valence-corrected chi connectivity index (χ4v) is 2.54. The standard InChI is InChI=1S/C17H25N3O.2ClH/c1-13(2)12-15(18)17(21)19-9-5-10-20-11-8-14-6-3-4-7-16(14)20;;/h3-4,6-8,11,13,15H,5,9-10,12,18H2,1-2H3,(H,19,21);2*1H/t15-;;/m0../s1. The first-order valence-corrected chi connectivity index (χ1v) is 7.65. The third-order valence-electron chi connectivity index (χ3n) is 3.62. The monoisotopic (exact) mass is 359 g/mol. The Morgan fingerprint density at radius 2 is 1.91 bits per heavy atom. The van der Waals surface area contributed by atoms with Crippen molar-refractivity contribution < 1.29 is 4.79 Å². The Morgan fingerprint density at radius 3 is 2.61 bits per heavy atom. The summed E-state index contributed by atoms with van der Waals surface area (Å²) in [5, 5.41) is 4.17. The van der Waals surface area contributed by atoms with E-state index in [1.165, 1.54) is 10.9 Å². The molecule has 1 aromatic carbocycles. The fourth-order valence-electron chi connectivity index (χ4n) is 2.54. The molecule has 1 amide bonds. The summed E-state index contributed by atoms with van der Waals surface area (Å²) in [6.45, 7) is 5.71. The highest BCUT2D eigenvalue weighted by Gasteiger charge is 2.13. The van der Waals surface area contributed by atoms with Crippen molar-refractivity contribution in [2.75, 3.05) is 6.54 Å². The molecular weight excluding hydrogens is 333 g/mol. The van der Waals surface area contributed by atoms with Crippen LogP contribution in [-0.4, -0.2) is 23.1 Å². The zero-order valence-electron chi connectivity index (χ0n) is 13.7. The molecule has 0 aliphatic carbocycles. The third kappa shape index (κ3) is 6.42. The maximum absolute atomic E-state index is 11.8. The van der Waals surface area contributed by atoms with E-state index in [1.807, 2.05) is 12.1 Å². The lowest BCUT2D eigenvalue weighted by Crippen LogP contribution is -2.41. The number of benzene rings is 1. The summed E-state index contributed by atoms with van der Waals surface area (Å²) in [4.78, 5) is 11.8. The van der Waals surface area contributed by atoms with Gasteiger partial charge in [0.25, 0.3) is 0 Å². The average molecular weight is 360 g/mol. The predicted octanol–water partition coefficient (Wildman–Crippen LogP) is 3.36. The molecule has 2 aromatic rings. The highest BCUT2D eigenvalue weighted by molar-refractivity contribution is 5.85. The summed E-state index contributed by atoms with van der Waals surface area (Å²) in [6.07, 6.45) is 3.73. The first-order chi connectivity index (χ1) is 10.1. The molecule has 23 heavy (non-hydrogen) atoms. The number of carbonyl (C=O) groups is 1. The van der Waals surface area contributed by atoms with Gasteiger partial charge >= 0.3 is 0 Å². The summed E-state index contributed by atoms with van der Waals surface area (Å²) in [5.41, 5.74) is 7.09. The number of hydrogen-bond donors (Lipinski definition) is 2. The SMILES string of the molecule is CC(C)C[C@H](N)C(=O)NCCCn1ccc2ccccc21.Cl.Cl. The van der Waals surface area contributed by atoms with E-state index in [2.05, 4.69) is 48.1 Å². The van der Waals surface area contributed by atoms with Crippen LogP contribution in [0.15, 0.2) is 36.5 Å². The van der Waals surface area contributed by atoms with E-state index in [-0.39, 0.29) is 30.7 Å². The van der Waals surface area contributed by atoms with Crippen molar-refractivity contribution in [2.45, 2.75) is 39.3 Å². The molecule has 0 saturated carbocycles. The first-order valence-electron chi connectivity index (χ1n) is 7.65. The first kappa shape index (κ1) is 21.8. The molecule has 0 aliphatic heterocycles. The van der Waals surface area contributed by atoms with Crippen LogP contribution < -0.4 is 11.1 Å². The molecule has 1 atom stereocenters. The van der Waals surface area contributed by atoms with Crippen LogP contribution in [0.1, 0.15) is 26.7 Å². The number of nitrogens with two attached hydrogens (primary N) is 1. The van der Waals surface area contributed by atoms with Crippen molar-refractivity contribution in [1.29, 1.82) is 0 Å². The van der Waals surface area contributed by atoms with E-state index in [4.69, 9.17) is 5.73 Å². The number of nitrogens with zero attached hydrogens (tertiary/aromatic N) is 1. The minimum absolute atomic E-state index is 0. The topological polar surface area (TPSA) is 60.1 Å². The van der Waals surface area contributed by atoms with Gasteiger partial charge in [0.15, 0.2) is 0 Å². The Labute approximate surface area is 150 Å². The van der Waals surface area contributed by atoms with Crippen LogP contribution in [0.3, 0.4) is 0 Å². The molecule has 1 heterocycles. The van der Waals surface area contributed by atoms with Crippen molar-refractivity contribution in [3.05, 3.63) is 36.5 Å². The molecule has 0 spiro atoms. The van der Waals surface area contributed by atoms with E-state index >= 15 is 0 Å². The second-order valence-electron chi connectivity index (χ2n) is 5.95. The Balaban J connectivity index is 0.00000242. The molecule has 0 bridgehead atoms. The number of para-hydroxylation sites is 1. The van der Waals surface area contributed by atoms with E-state index < -0.39 is 6.04 Å². The number of aromatic nitrogens is 1. The number of fused-ring (bicyclic) bond motifs is 1. The average Bonchev–Trinajstić information content (AvgIpc) is 2.86. The van der Waals surface area contributed by atoms with Crippen molar-refractivity contribution in [3.63, 3.8) is 0 Å². The number of nitrogens with one attached hydrogen (secondary N) is 1. The molecule has 1 aromatic heterocycles. The predicted molar refractivity (Wildman–Crippen MR) is 101 cm³/mol. The quantitative estimate of drug-likeness (QED) is 0.744. The Hall–Kier alpha value is -1.23. The normalized spacial score (nSPS) is 11.7. The summed E-state index contributed by atoms with van der Waals surface area (Å²) in [5.74, 6) is 0.401. The zero-order valence-corrected chi connectivity index (χ0v) is 15.3. The number of amides is 1. The minimum Gasteiger partial charge on any atom is -0.355 e. The zero-order chi connectivity index (χ0) is 15.2. The minimum atomic E-state index is -0.391. The van der Waals surface area contributed by atoms with Crippen LogP contribution in [0.2, 0.25) is 0 Å². The molecule has 3 N–H and O–H groups in total. The lowest BCUT2D eigenvalue weighted by atomic mass is 10.0. The highest BCUT2D eigenvalue weighted by atomic mass is 35.5. The van der Waals surface area contributed by atoms with Crippen LogP contribution in [0.5, 0.6) is 0 Å². The largest absolute Gasteiger partial charge is 0.355 e. The summed E-state index contributed by atoms with van der Waals surface area (Å²) in [6, 6.07) is 10.0. The van der Waals surface area contributed by atoms with Gasteiger partial charge in [-0.2, -0.15) is 0 Å². The smallest absolute Gasteiger partial charge is 0.236 e. The number of carbonyl (C=O) groups excluding carboxylic acids is 1. The fraction of sp³-hybridized carbons (Fsp3) is 0.471. The van der Waals surface area contributed by atoms with Crippen molar-refractivity contribution in [3.8, 4) is 0 Å². The van der Waals surface area contributed by atoms with Gasteiger partial charge in [0.05, 0.1) is 6.04 Å². The van der Waals surface area contributed by atoms with Gasteiger partial charge in [0.2, 0.25) is 5.91 Å². The van der Waals surface area contributed by atoms with Crippen LogP contribution in [0.4, 0.5) is 0 Å².